The first-order valence-corrected chi connectivity index (χ1v) is 7.82. The van der Waals surface area contributed by atoms with Crippen LogP contribution in [0.25, 0.3) is 0 Å². The van der Waals surface area contributed by atoms with E-state index in [1.807, 2.05) is 12.1 Å². The van der Waals surface area contributed by atoms with E-state index in [2.05, 4.69) is 36.6 Å². The van der Waals surface area contributed by atoms with Gasteiger partial charge in [0.05, 0.1) is 5.92 Å². The van der Waals surface area contributed by atoms with Crippen molar-refractivity contribution in [3.63, 3.8) is 0 Å². The lowest BCUT2D eigenvalue weighted by Crippen LogP contribution is -2.39. The average molecular weight is 290 g/mol. The van der Waals surface area contributed by atoms with Crippen molar-refractivity contribution in [2.45, 2.75) is 32.7 Å². The highest BCUT2D eigenvalue weighted by atomic mass is 16.5. The van der Waals surface area contributed by atoms with Crippen LogP contribution in [0.5, 0.6) is 0 Å². The molecule has 1 unspecified atom stereocenters. The molecule has 0 saturated heterocycles. The van der Waals surface area contributed by atoms with Gasteiger partial charge in [-0.3, -0.25) is 4.79 Å². The summed E-state index contributed by atoms with van der Waals surface area (Å²) >= 11 is 0. The molecule has 0 aromatic heterocycles. The number of hydrogen-bond donors (Lipinski definition) is 2. The summed E-state index contributed by atoms with van der Waals surface area (Å²) in [6, 6.07) is 8.17. The first-order chi connectivity index (χ1) is 10.2. The molecule has 2 rings (SSSR count). The third kappa shape index (κ3) is 4.83. The fraction of sp³-hybridized carbons (Fsp3) is 0.588. The summed E-state index contributed by atoms with van der Waals surface area (Å²) in [6.07, 6.45) is 0.861. The fourth-order valence-corrected chi connectivity index (χ4v) is 2.56. The summed E-state index contributed by atoms with van der Waals surface area (Å²) in [4.78, 5) is 12.3. The monoisotopic (exact) mass is 290 g/mol. The third-order valence-electron chi connectivity index (χ3n) is 3.63. The van der Waals surface area contributed by atoms with Crippen molar-refractivity contribution < 1.29 is 9.53 Å². The maximum atomic E-state index is 12.3. The molecule has 1 amide bonds. The van der Waals surface area contributed by atoms with E-state index in [0.29, 0.717) is 25.6 Å². The van der Waals surface area contributed by atoms with Crippen LogP contribution in [0.3, 0.4) is 0 Å². The van der Waals surface area contributed by atoms with Crippen molar-refractivity contribution in [3.05, 3.63) is 35.4 Å². The van der Waals surface area contributed by atoms with Crippen LogP contribution < -0.4 is 10.6 Å². The van der Waals surface area contributed by atoms with E-state index in [9.17, 15) is 4.79 Å². The lowest BCUT2D eigenvalue weighted by Gasteiger charge is -2.25. The molecule has 1 aliphatic heterocycles. The number of fused-ring (bicyclic) bond motifs is 1. The van der Waals surface area contributed by atoms with Gasteiger partial charge < -0.3 is 15.4 Å². The lowest BCUT2D eigenvalue weighted by atomic mass is 9.90. The molecule has 2 N–H and O–H groups in total. The topological polar surface area (TPSA) is 50.4 Å². The molecule has 0 saturated carbocycles. The largest absolute Gasteiger partial charge is 0.381 e. The summed E-state index contributed by atoms with van der Waals surface area (Å²) in [7, 11) is 0. The molecular weight excluding hydrogens is 264 g/mol. The van der Waals surface area contributed by atoms with Crippen molar-refractivity contribution in [3.8, 4) is 0 Å². The van der Waals surface area contributed by atoms with Gasteiger partial charge in [-0.15, -0.1) is 0 Å². The molecule has 0 aliphatic carbocycles. The summed E-state index contributed by atoms with van der Waals surface area (Å²) in [5.41, 5.74) is 2.38. The minimum Gasteiger partial charge on any atom is -0.381 e. The molecule has 0 bridgehead atoms. The van der Waals surface area contributed by atoms with Crippen LogP contribution in [-0.2, 0) is 16.1 Å². The zero-order valence-corrected chi connectivity index (χ0v) is 13.0. The van der Waals surface area contributed by atoms with E-state index in [1.165, 1.54) is 5.56 Å². The third-order valence-corrected chi connectivity index (χ3v) is 3.63. The Morgan fingerprint density at radius 1 is 1.43 bits per heavy atom. The number of carbonyl (C=O) groups is 1. The van der Waals surface area contributed by atoms with Gasteiger partial charge in [0.25, 0.3) is 0 Å². The summed E-state index contributed by atoms with van der Waals surface area (Å²) < 4.78 is 5.51. The van der Waals surface area contributed by atoms with E-state index in [-0.39, 0.29) is 11.8 Å². The van der Waals surface area contributed by atoms with E-state index >= 15 is 0 Å². The van der Waals surface area contributed by atoms with E-state index < -0.39 is 0 Å². The van der Waals surface area contributed by atoms with Crippen LogP contribution in [0.4, 0.5) is 0 Å². The van der Waals surface area contributed by atoms with Gasteiger partial charge in [0, 0.05) is 32.8 Å². The van der Waals surface area contributed by atoms with Crippen LogP contribution in [0, 0.1) is 5.92 Å². The second-order valence-corrected chi connectivity index (χ2v) is 6.00. The molecule has 0 radical (unpaired) electrons. The number of ether oxygens (including phenoxy) is 1. The van der Waals surface area contributed by atoms with Crippen LogP contribution in [-0.4, -0.2) is 32.2 Å². The van der Waals surface area contributed by atoms with Gasteiger partial charge in [0.1, 0.15) is 0 Å². The fourth-order valence-electron chi connectivity index (χ4n) is 2.56. The Morgan fingerprint density at radius 3 is 3.05 bits per heavy atom. The molecule has 0 spiro atoms. The van der Waals surface area contributed by atoms with Crippen molar-refractivity contribution in [2.24, 2.45) is 5.92 Å². The Labute approximate surface area is 127 Å². The Hall–Kier alpha value is -1.39. The SMILES string of the molecule is CC(C)COCCCNC(=O)C1CNCc2ccccc21. The molecule has 1 heterocycles. The van der Waals surface area contributed by atoms with E-state index in [4.69, 9.17) is 4.74 Å². The highest BCUT2D eigenvalue weighted by Crippen LogP contribution is 2.23. The molecular formula is C17H26N2O2. The predicted octanol–water partition coefficient (Wildman–Crippen LogP) is 2.05. The number of rotatable bonds is 7. The molecule has 0 fully saturated rings. The van der Waals surface area contributed by atoms with Crippen LogP contribution >= 0.6 is 0 Å². The molecule has 116 valence electrons. The Kier molecular flexibility index (Phi) is 6.21. The van der Waals surface area contributed by atoms with Gasteiger partial charge in [-0.1, -0.05) is 38.1 Å². The number of carbonyl (C=O) groups excluding carboxylic acids is 1. The highest BCUT2D eigenvalue weighted by molar-refractivity contribution is 5.84. The van der Waals surface area contributed by atoms with Crippen molar-refractivity contribution in [2.75, 3.05) is 26.3 Å². The zero-order chi connectivity index (χ0) is 15.1. The van der Waals surface area contributed by atoms with Gasteiger partial charge >= 0.3 is 0 Å². The minimum absolute atomic E-state index is 0.0773. The minimum atomic E-state index is -0.0773. The average Bonchev–Trinajstić information content (AvgIpc) is 2.49. The predicted molar refractivity (Wildman–Crippen MR) is 84.2 cm³/mol. The second kappa shape index (κ2) is 8.15. The Bertz CT molecular complexity index is 460. The molecule has 1 aromatic carbocycles. The first-order valence-electron chi connectivity index (χ1n) is 7.82. The van der Waals surface area contributed by atoms with Gasteiger partial charge in [-0.25, -0.2) is 0 Å². The summed E-state index contributed by atoms with van der Waals surface area (Å²) in [5, 5.41) is 6.33. The Balaban J connectivity index is 1.74. The van der Waals surface area contributed by atoms with Gasteiger partial charge in [0.15, 0.2) is 0 Å². The molecule has 21 heavy (non-hydrogen) atoms. The van der Waals surface area contributed by atoms with E-state index in [1.54, 1.807) is 0 Å². The molecule has 4 nitrogen and oxygen atoms in total. The molecule has 1 aromatic rings. The number of amides is 1. The smallest absolute Gasteiger partial charge is 0.228 e. The molecule has 4 heteroatoms. The number of hydrogen-bond acceptors (Lipinski definition) is 3. The summed E-state index contributed by atoms with van der Waals surface area (Å²) in [5.74, 6) is 0.592. The second-order valence-electron chi connectivity index (χ2n) is 6.00. The Morgan fingerprint density at radius 2 is 2.24 bits per heavy atom. The van der Waals surface area contributed by atoms with Gasteiger partial charge in [-0.05, 0) is 23.5 Å². The van der Waals surface area contributed by atoms with Crippen LogP contribution in [0.15, 0.2) is 24.3 Å². The van der Waals surface area contributed by atoms with E-state index in [0.717, 1.165) is 25.1 Å². The number of nitrogens with one attached hydrogen (secondary N) is 2. The van der Waals surface area contributed by atoms with Crippen molar-refractivity contribution in [1.82, 2.24) is 10.6 Å². The molecule has 1 aliphatic rings. The summed E-state index contributed by atoms with van der Waals surface area (Å²) in [6.45, 7) is 8.00. The molecule has 1 atom stereocenters. The lowest BCUT2D eigenvalue weighted by molar-refractivity contribution is -0.122. The van der Waals surface area contributed by atoms with Crippen LogP contribution in [0.1, 0.15) is 37.3 Å². The zero-order valence-electron chi connectivity index (χ0n) is 13.0. The van der Waals surface area contributed by atoms with Gasteiger partial charge in [0.2, 0.25) is 5.91 Å². The van der Waals surface area contributed by atoms with Crippen molar-refractivity contribution >= 4 is 5.91 Å². The first kappa shape index (κ1) is 16.0. The van der Waals surface area contributed by atoms with Crippen LogP contribution in [0.2, 0.25) is 0 Å². The maximum absolute atomic E-state index is 12.3. The van der Waals surface area contributed by atoms with Crippen molar-refractivity contribution in [1.29, 1.82) is 0 Å². The number of benzene rings is 1. The standard InChI is InChI=1S/C17H26N2O2/c1-13(2)12-21-9-5-8-19-17(20)16-11-18-10-14-6-3-4-7-15(14)16/h3-4,6-7,13,16,18H,5,8-12H2,1-2H3,(H,19,20). The maximum Gasteiger partial charge on any atom is 0.228 e. The normalized spacial score (nSPS) is 17.6. The highest BCUT2D eigenvalue weighted by Gasteiger charge is 2.25. The van der Waals surface area contributed by atoms with Gasteiger partial charge in [-0.2, -0.15) is 0 Å². The quantitative estimate of drug-likeness (QED) is 0.756.